The van der Waals surface area contributed by atoms with Crippen molar-refractivity contribution in [2.24, 2.45) is 5.73 Å². The second-order valence-corrected chi connectivity index (χ2v) is 4.95. The van der Waals surface area contributed by atoms with Crippen LogP contribution in [0, 0.1) is 17.0 Å². The van der Waals surface area contributed by atoms with Gasteiger partial charge in [-0.2, -0.15) is 11.3 Å². The van der Waals surface area contributed by atoms with Crippen molar-refractivity contribution in [3.8, 4) is 0 Å². The number of benzene rings is 1. The van der Waals surface area contributed by atoms with Crippen molar-refractivity contribution in [1.29, 1.82) is 0 Å². The summed E-state index contributed by atoms with van der Waals surface area (Å²) in [6.45, 7) is 2.01. The van der Waals surface area contributed by atoms with Crippen molar-refractivity contribution in [2.75, 3.05) is 0 Å². The standard InChI is InChI=1S/C13H14N2O2S/c1-9-7-18-8-11(9)12(14)6-10-4-2-3-5-13(10)15(16)17/h2-5,7-8,12H,6,14H2,1H3. The van der Waals surface area contributed by atoms with Gasteiger partial charge in [-0.25, -0.2) is 0 Å². The molecule has 94 valence electrons. The molecular weight excluding hydrogens is 248 g/mol. The molecule has 2 N–H and O–H groups in total. The molecule has 0 bridgehead atoms. The quantitative estimate of drug-likeness (QED) is 0.679. The summed E-state index contributed by atoms with van der Waals surface area (Å²) >= 11 is 1.60. The molecule has 0 spiro atoms. The molecule has 0 aliphatic rings. The number of nitro groups is 1. The Kier molecular flexibility index (Phi) is 3.74. The Morgan fingerprint density at radius 3 is 2.72 bits per heavy atom. The third-order valence-corrected chi connectivity index (χ3v) is 3.80. The van der Waals surface area contributed by atoms with Crippen molar-refractivity contribution in [2.45, 2.75) is 19.4 Å². The second-order valence-electron chi connectivity index (χ2n) is 4.21. The Hall–Kier alpha value is -1.72. The van der Waals surface area contributed by atoms with Gasteiger partial charge in [-0.3, -0.25) is 10.1 Å². The van der Waals surface area contributed by atoms with Crippen LogP contribution < -0.4 is 5.73 Å². The molecular formula is C13H14N2O2S. The van der Waals surface area contributed by atoms with E-state index in [0.717, 1.165) is 11.1 Å². The molecule has 1 aromatic heterocycles. The van der Waals surface area contributed by atoms with Crippen LogP contribution in [-0.4, -0.2) is 4.92 Å². The third kappa shape index (κ3) is 2.57. The monoisotopic (exact) mass is 262 g/mol. The van der Waals surface area contributed by atoms with Gasteiger partial charge in [0.15, 0.2) is 0 Å². The fourth-order valence-electron chi connectivity index (χ4n) is 1.96. The first-order valence-electron chi connectivity index (χ1n) is 5.60. The molecule has 18 heavy (non-hydrogen) atoms. The van der Waals surface area contributed by atoms with E-state index in [-0.39, 0.29) is 16.7 Å². The van der Waals surface area contributed by atoms with Crippen LogP contribution in [0.1, 0.15) is 22.7 Å². The number of para-hydroxylation sites is 1. The topological polar surface area (TPSA) is 69.2 Å². The molecule has 0 radical (unpaired) electrons. The number of hydrogen-bond acceptors (Lipinski definition) is 4. The Labute approximate surface area is 109 Å². The molecule has 4 nitrogen and oxygen atoms in total. The first-order chi connectivity index (χ1) is 8.59. The predicted molar refractivity (Wildman–Crippen MR) is 72.8 cm³/mol. The molecule has 1 unspecified atom stereocenters. The molecule has 0 fully saturated rings. The molecule has 0 aliphatic carbocycles. The van der Waals surface area contributed by atoms with Crippen LogP contribution in [0.25, 0.3) is 0 Å². The highest BCUT2D eigenvalue weighted by atomic mass is 32.1. The van der Waals surface area contributed by atoms with Crippen LogP contribution in [0.4, 0.5) is 5.69 Å². The van der Waals surface area contributed by atoms with Gasteiger partial charge in [0.1, 0.15) is 0 Å². The van der Waals surface area contributed by atoms with Crippen LogP contribution in [0.5, 0.6) is 0 Å². The average Bonchev–Trinajstić information content (AvgIpc) is 2.76. The lowest BCUT2D eigenvalue weighted by Gasteiger charge is -2.11. The fourth-order valence-corrected chi connectivity index (χ4v) is 2.87. The summed E-state index contributed by atoms with van der Waals surface area (Å²) in [5.41, 5.74) is 9.16. The number of nitro benzene ring substituents is 1. The minimum Gasteiger partial charge on any atom is -0.324 e. The summed E-state index contributed by atoms with van der Waals surface area (Å²) < 4.78 is 0. The Morgan fingerprint density at radius 1 is 1.39 bits per heavy atom. The lowest BCUT2D eigenvalue weighted by atomic mass is 9.98. The van der Waals surface area contributed by atoms with E-state index in [4.69, 9.17) is 5.73 Å². The zero-order valence-corrected chi connectivity index (χ0v) is 10.8. The van der Waals surface area contributed by atoms with Crippen molar-refractivity contribution in [3.05, 3.63) is 61.8 Å². The summed E-state index contributed by atoms with van der Waals surface area (Å²) in [5, 5.41) is 15.0. The first kappa shape index (κ1) is 12.7. The van der Waals surface area contributed by atoms with E-state index in [9.17, 15) is 10.1 Å². The summed E-state index contributed by atoms with van der Waals surface area (Å²) in [5.74, 6) is 0. The molecule has 2 aromatic rings. The maximum Gasteiger partial charge on any atom is 0.272 e. The van der Waals surface area contributed by atoms with Gasteiger partial charge >= 0.3 is 0 Å². The van der Waals surface area contributed by atoms with Gasteiger partial charge in [0, 0.05) is 17.7 Å². The fraction of sp³-hybridized carbons (Fsp3) is 0.231. The molecule has 0 saturated heterocycles. The predicted octanol–water partition coefficient (Wildman–Crippen LogP) is 3.21. The van der Waals surface area contributed by atoms with Gasteiger partial charge in [-0.05, 0) is 35.2 Å². The SMILES string of the molecule is Cc1cscc1C(N)Cc1ccccc1[N+](=O)[O-]. The Bertz CT molecular complexity index is 566. The van der Waals surface area contributed by atoms with Crippen LogP contribution in [-0.2, 0) is 6.42 Å². The highest BCUT2D eigenvalue weighted by Gasteiger charge is 2.17. The van der Waals surface area contributed by atoms with Crippen molar-refractivity contribution in [1.82, 2.24) is 0 Å². The van der Waals surface area contributed by atoms with Gasteiger partial charge < -0.3 is 5.73 Å². The van der Waals surface area contributed by atoms with E-state index in [1.165, 1.54) is 6.07 Å². The Balaban J connectivity index is 2.25. The van der Waals surface area contributed by atoms with Crippen molar-refractivity contribution < 1.29 is 4.92 Å². The maximum atomic E-state index is 10.9. The van der Waals surface area contributed by atoms with E-state index in [1.807, 2.05) is 17.7 Å². The van der Waals surface area contributed by atoms with Crippen LogP contribution in [0.3, 0.4) is 0 Å². The van der Waals surface area contributed by atoms with Gasteiger partial charge in [-0.15, -0.1) is 0 Å². The van der Waals surface area contributed by atoms with Gasteiger partial charge in [-0.1, -0.05) is 18.2 Å². The summed E-state index contributed by atoms with van der Waals surface area (Å²) in [7, 11) is 0. The molecule has 0 saturated carbocycles. The average molecular weight is 262 g/mol. The number of aryl methyl sites for hydroxylation is 1. The van der Waals surface area contributed by atoms with Gasteiger partial charge in [0.25, 0.3) is 5.69 Å². The van der Waals surface area contributed by atoms with Crippen LogP contribution >= 0.6 is 11.3 Å². The van der Waals surface area contributed by atoms with E-state index >= 15 is 0 Å². The van der Waals surface area contributed by atoms with Crippen LogP contribution in [0.2, 0.25) is 0 Å². The highest BCUT2D eigenvalue weighted by molar-refractivity contribution is 7.08. The minimum atomic E-state index is -0.359. The Morgan fingerprint density at radius 2 is 2.11 bits per heavy atom. The summed E-state index contributed by atoms with van der Waals surface area (Å²) in [6, 6.07) is 6.55. The number of nitrogens with two attached hydrogens (primary N) is 1. The lowest BCUT2D eigenvalue weighted by molar-refractivity contribution is -0.385. The highest BCUT2D eigenvalue weighted by Crippen LogP contribution is 2.26. The third-order valence-electron chi connectivity index (χ3n) is 2.92. The second kappa shape index (κ2) is 5.29. The number of rotatable bonds is 4. The zero-order valence-electron chi connectivity index (χ0n) is 10.00. The number of thiophene rings is 1. The molecule has 2 rings (SSSR count). The van der Waals surface area contributed by atoms with E-state index in [2.05, 4.69) is 0 Å². The molecule has 1 heterocycles. The molecule has 0 aliphatic heterocycles. The maximum absolute atomic E-state index is 10.9. The normalized spacial score (nSPS) is 12.3. The summed E-state index contributed by atoms with van der Waals surface area (Å²) in [4.78, 5) is 10.6. The van der Waals surface area contributed by atoms with Crippen molar-refractivity contribution >= 4 is 17.0 Å². The first-order valence-corrected chi connectivity index (χ1v) is 6.54. The zero-order chi connectivity index (χ0) is 13.1. The van der Waals surface area contributed by atoms with E-state index < -0.39 is 0 Å². The number of hydrogen-bond donors (Lipinski definition) is 1. The summed E-state index contributed by atoms with van der Waals surface area (Å²) in [6.07, 6.45) is 0.481. The molecule has 1 atom stereocenters. The number of nitrogens with zero attached hydrogens (tertiary/aromatic N) is 1. The molecule has 0 amide bonds. The van der Waals surface area contributed by atoms with Gasteiger partial charge in [0.05, 0.1) is 4.92 Å². The lowest BCUT2D eigenvalue weighted by Crippen LogP contribution is -2.14. The molecule has 1 aromatic carbocycles. The van der Waals surface area contributed by atoms with Crippen molar-refractivity contribution in [3.63, 3.8) is 0 Å². The minimum absolute atomic E-state index is 0.140. The van der Waals surface area contributed by atoms with Gasteiger partial charge in [0.2, 0.25) is 0 Å². The smallest absolute Gasteiger partial charge is 0.272 e. The van der Waals surface area contributed by atoms with Crippen LogP contribution in [0.15, 0.2) is 35.0 Å². The van der Waals surface area contributed by atoms with E-state index in [0.29, 0.717) is 12.0 Å². The largest absolute Gasteiger partial charge is 0.324 e. The van der Waals surface area contributed by atoms with E-state index in [1.54, 1.807) is 29.5 Å². The molecule has 5 heteroatoms.